The van der Waals surface area contributed by atoms with E-state index in [4.69, 9.17) is 16.3 Å². The number of nitrogens with zero attached hydrogens (tertiary/aromatic N) is 1. The van der Waals surface area contributed by atoms with Crippen LogP contribution in [0.5, 0.6) is 0 Å². The molecule has 2 rings (SSSR count). The molecule has 1 unspecified atom stereocenters. The number of nitrogens with one attached hydrogen (secondary N) is 2. The van der Waals surface area contributed by atoms with Crippen molar-refractivity contribution < 1.29 is 9.53 Å². The fourth-order valence-electron chi connectivity index (χ4n) is 1.60. The predicted octanol–water partition coefficient (Wildman–Crippen LogP) is 1.05. The van der Waals surface area contributed by atoms with E-state index < -0.39 is 0 Å². The lowest BCUT2D eigenvalue weighted by atomic mass is 10.2. The molecule has 1 aromatic rings. The van der Waals surface area contributed by atoms with Gasteiger partial charge in [-0.1, -0.05) is 11.6 Å². The lowest BCUT2D eigenvalue weighted by Crippen LogP contribution is -2.40. The highest BCUT2D eigenvalue weighted by Crippen LogP contribution is 2.10. The van der Waals surface area contributed by atoms with Gasteiger partial charge in [-0.15, -0.1) is 0 Å². The number of aromatic nitrogens is 1. The predicted molar refractivity (Wildman–Crippen MR) is 65.1 cm³/mol. The Morgan fingerprint density at radius 3 is 3.18 bits per heavy atom. The summed E-state index contributed by atoms with van der Waals surface area (Å²) in [6.07, 6.45) is 1.77. The molecule has 6 heteroatoms. The highest BCUT2D eigenvalue weighted by molar-refractivity contribution is 6.30. The third-order valence-electron chi connectivity index (χ3n) is 2.41. The van der Waals surface area contributed by atoms with Crippen LogP contribution in [0.1, 0.15) is 6.42 Å². The van der Waals surface area contributed by atoms with Gasteiger partial charge >= 0.3 is 0 Å². The summed E-state index contributed by atoms with van der Waals surface area (Å²) in [6, 6.07) is 3.35. The van der Waals surface area contributed by atoms with Crippen molar-refractivity contribution in [2.24, 2.45) is 0 Å². The first-order valence-corrected chi connectivity index (χ1v) is 5.85. The van der Waals surface area contributed by atoms with Crippen molar-refractivity contribution in [1.82, 2.24) is 10.3 Å². The van der Waals surface area contributed by atoms with E-state index in [0.717, 1.165) is 6.54 Å². The summed E-state index contributed by atoms with van der Waals surface area (Å²) >= 11 is 5.70. The lowest BCUT2D eigenvalue weighted by molar-refractivity contribution is -0.119. The lowest BCUT2D eigenvalue weighted by Gasteiger charge is -2.22. The minimum atomic E-state index is -0.103. The van der Waals surface area contributed by atoms with Crippen LogP contribution in [0.15, 0.2) is 18.3 Å². The van der Waals surface area contributed by atoms with Gasteiger partial charge in [0.2, 0.25) is 5.91 Å². The molecule has 2 heterocycles. The summed E-state index contributed by atoms with van der Waals surface area (Å²) in [7, 11) is 0. The number of pyridine rings is 1. The van der Waals surface area contributed by atoms with Gasteiger partial charge in [0.15, 0.2) is 0 Å². The van der Waals surface area contributed by atoms with Gasteiger partial charge in [0.05, 0.1) is 24.2 Å². The van der Waals surface area contributed by atoms with Crippen LogP contribution in [0.2, 0.25) is 5.02 Å². The maximum absolute atomic E-state index is 11.7. The van der Waals surface area contributed by atoms with E-state index in [2.05, 4.69) is 15.6 Å². The summed E-state index contributed by atoms with van der Waals surface area (Å²) in [6.45, 7) is 2.20. The topological polar surface area (TPSA) is 63.2 Å². The minimum Gasteiger partial charge on any atom is -0.375 e. The number of carbonyl (C=O) groups is 1. The Balaban J connectivity index is 1.82. The van der Waals surface area contributed by atoms with E-state index in [1.807, 2.05) is 0 Å². The summed E-state index contributed by atoms with van der Waals surface area (Å²) < 4.78 is 5.44. The number of hydrogen-bond acceptors (Lipinski definition) is 4. The Hall–Kier alpha value is -1.17. The van der Waals surface area contributed by atoms with Crippen molar-refractivity contribution in [3.8, 4) is 0 Å². The largest absolute Gasteiger partial charge is 0.375 e. The number of anilines is 1. The molecule has 0 aliphatic carbocycles. The van der Waals surface area contributed by atoms with Crippen LogP contribution in [0.25, 0.3) is 0 Å². The molecule has 1 atom stereocenters. The minimum absolute atomic E-state index is 0.0592. The van der Waals surface area contributed by atoms with E-state index in [-0.39, 0.29) is 12.0 Å². The zero-order valence-corrected chi connectivity index (χ0v) is 10.0. The molecule has 1 saturated heterocycles. The number of amides is 1. The number of morpholine rings is 1. The fourth-order valence-corrected chi connectivity index (χ4v) is 1.71. The van der Waals surface area contributed by atoms with Crippen LogP contribution < -0.4 is 10.6 Å². The first-order chi connectivity index (χ1) is 8.24. The normalized spacial score (nSPS) is 19.9. The standard InChI is InChI=1S/C11H14ClN3O2/c12-8-1-2-10(14-6-8)15-11(16)5-9-7-13-3-4-17-9/h1-2,6,9,13H,3-5,7H2,(H,14,15,16). The molecule has 0 spiro atoms. The molecule has 1 aromatic heterocycles. The average molecular weight is 256 g/mol. The monoisotopic (exact) mass is 255 g/mol. The van der Waals surface area contributed by atoms with E-state index in [1.165, 1.54) is 6.20 Å². The van der Waals surface area contributed by atoms with Crippen molar-refractivity contribution in [2.45, 2.75) is 12.5 Å². The molecule has 17 heavy (non-hydrogen) atoms. The number of rotatable bonds is 3. The average Bonchev–Trinajstić information content (AvgIpc) is 2.33. The van der Waals surface area contributed by atoms with Gasteiger partial charge in [-0.25, -0.2) is 4.98 Å². The molecule has 1 amide bonds. The molecule has 1 aliphatic rings. The van der Waals surface area contributed by atoms with Crippen molar-refractivity contribution in [3.05, 3.63) is 23.4 Å². The number of halogens is 1. The molecule has 1 fully saturated rings. The second-order valence-electron chi connectivity index (χ2n) is 3.81. The Bertz CT molecular complexity index is 377. The molecular formula is C11H14ClN3O2. The van der Waals surface area contributed by atoms with Crippen LogP contribution in [-0.4, -0.2) is 36.7 Å². The quantitative estimate of drug-likeness (QED) is 0.848. The molecule has 0 radical (unpaired) electrons. The number of ether oxygens (including phenoxy) is 1. The summed E-state index contributed by atoms with van der Waals surface area (Å²) in [5.41, 5.74) is 0. The molecule has 0 bridgehead atoms. The SMILES string of the molecule is O=C(CC1CNCCO1)Nc1ccc(Cl)cn1. The molecule has 1 aliphatic heterocycles. The smallest absolute Gasteiger partial charge is 0.228 e. The van der Waals surface area contributed by atoms with Gasteiger partial charge in [0.1, 0.15) is 5.82 Å². The number of hydrogen-bond donors (Lipinski definition) is 2. The van der Waals surface area contributed by atoms with Gasteiger partial charge in [-0.3, -0.25) is 4.79 Å². The molecule has 2 N–H and O–H groups in total. The Kier molecular flexibility index (Phi) is 4.30. The van der Waals surface area contributed by atoms with Crippen LogP contribution in [0.4, 0.5) is 5.82 Å². The summed E-state index contributed by atoms with van der Waals surface area (Å²) in [5, 5.41) is 6.42. The Morgan fingerprint density at radius 2 is 2.53 bits per heavy atom. The molecule has 92 valence electrons. The fraction of sp³-hybridized carbons (Fsp3) is 0.455. The van der Waals surface area contributed by atoms with Crippen molar-refractivity contribution in [1.29, 1.82) is 0 Å². The van der Waals surface area contributed by atoms with Gasteiger partial charge in [0, 0.05) is 19.3 Å². The first kappa shape index (κ1) is 12.3. The first-order valence-electron chi connectivity index (χ1n) is 5.48. The second kappa shape index (κ2) is 5.95. The zero-order valence-electron chi connectivity index (χ0n) is 9.28. The van der Waals surface area contributed by atoms with E-state index >= 15 is 0 Å². The highest BCUT2D eigenvalue weighted by atomic mass is 35.5. The van der Waals surface area contributed by atoms with Crippen LogP contribution in [-0.2, 0) is 9.53 Å². The zero-order chi connectivity index (χ0) is 12.1. The van der Waals surface area contributed by atoms with Crippen molar-refractivity contribution in [2.75, 3.05) is 25.0 Å². The van der Waals surface area contributed by atoms with Gasteiger partial charge in [-0.05, 0) is 12.1 Å². The second-order valence-corrected chi connectivity index (χ2v) is 4.25. The third-order valence-corrected chi connectivity index (χ3v) is 2.64. The van der Waals surface area contributed by atoms with E-state index in [1.54, 1.807) is 12.1 Å². The van der Waals surface area contributed by atoms with Gasteiger partial charge in [0.25, 0.3) is 0 Å². The van der Waals surface area contributed by atoms with Crippen LogP contribution >= 0.6 is 11.6 Å². The molecule has 0 aromatic carbocycles. The van der Waals surface area contributed by atoms with Crippen molar-refractivity contribution >= 4 is 23.3 Å². The van der Waals surface area contributed by atoms with Crippen LogP contribution in [0, 0.1) is 0 Å². The summed E-state index contributed by atoms with van der Waals surface area (Å²) in [4.78, 5) is 15.7. The maximum atomic E-state index is 11.7. The van der Waals surface area contributed by atoms with Gasteiger partial charge < -0.3 is 15.4 Å². The Labute approximate surface area is 105 Å². The molecular weight excluding hydrogens is 242 g/mol. The van der Waals surface area contributed by atoms with E-state index in [9.17, 15) is 4.79 Å². The third kappa shape index (κ3) is 3.96. The summed E-state index contributed by atoms with van der Waals surface area (Å²) in [5.74, 6) is 0.400. The van der Waals surface area contributed by atoms with Crippen molar-refractivity contribution in [3.63, 3.8) is 0 Å². The van der Waals surface area contributed by atoms with E-state index in [0.29, 0.717) is 30.4 Å². The number of carbonyl (C=O) groups excluding carboxylic acids is 1. The molecule has 0 saturated carbocycles. The highest BCUT2D eigenvalue weighted by Gasteiger charge is 2.17. The van der Waals surface area contributed by atoms with Crippen LogP contribution in [0.3, 0.4) is 0 Å². The maximum Gasteiger partial charge on any atom is 0.228 e. The Morgan fingerprint density at radius 1 is 1.65 bits per heavy atom. The van der Waals surface area contributed by atoms with Gasteiger partial charge in [-0.2, -0.15) is 0 Å². The molecule has 5 nitrogen and oxygen atoms in total.